The molecule has 0 radical (unpaired) electrons. The minimum Gasteiger partial charge on any atom is -0.489 e. The van der Waals surface area contributed by atoms with Crippen molar-refractivity contribution in [1.29, 1.82) is 0 Å². The third kappa shape index (κ3) is 3.96. The predicted octanol–water partition coefficient (Wildman–Crippen LogP) is 1.60. The summed E-state index contributed by atoms with van der Waals surface area (Å²) in [7, 11) is 0. The van der Waals surface area contributed by atoms with Gasteiger partial charge in [0, 0.05) is 23.3 Å². The van der Waals surface area contributed by atoms with Gasteiger partial charge in [0.25, 0.3) is 5.91 Å². The number of pyridine rings is 1. The molecule has 0 aliphatic carbocycles. The molecule has 4 N–H and O–H groups in total. The van der Waals surface area contributed by atoms with Gasteiger partial charge in [-0.05, 0) is 43.7 Å². The lowest BCUT2D eigenvalue weighted by molar-refractivity contribution is -0.120. The lowest BCUT2D eigenvalue weighted by atomic mass is 10.1. The number of primary amides is 1. The first-order valence-electron chi connectivity index (χ1n) is 8.67. The minimum absolute atomic E-state index is 0.262. The zero-order valence-corrected chi connectivity index (χ0v) is 15.6. The van der Waals surface area contributed by atoms with E-state index >= 15 is 0 Å². The van der Waals surface area contributed by atoms with Gasteiger partial charge < -0.3 is 25.3 Å². The summed E-state index contributed by atoms with van der Waals surface area (Å²) in [4.78, 5) is 28.0. The van der Waals surface area contributed by atoms with Crippen molar-refractivity contribution < 1.29 is 23.8 Å². The first-order valence-corrected chi connectivity index (χ1v) is 8.67. The van der Waals surface area contributed by atoms with Crippen LogP contribution in [-0.4, -0.2) is 34.6 Å². The van der Waals surface area contributed by atoms with E-state index in [1.807, 2.05) is 13.0 Å². The van der Waals surface area contributed by atoms with E-state index in [0.717, 1.165) is 11.1 Å². The quantitative estimate of drug-likeness (QED) is 0.569. The van der Waals surface area contributed by atoms with Crippen LogP contribution in [0.1, 0.15) is 27.2 Å². The van der Waals surface area contributed by atoms with Crippen molar-refractivity contribution in [3.8, 4) is 5.75 Å². The SMILES string of the molecule is Cc1ccncc1COc1ccc2oc(C)c(C(=O)N[C@@H](CO)C(N)=O)c2c1. The Balaban J connectivity index is 1.86. The van der Waals surface area contributed by atoms with Crippen molar-refractivity contribution in [2.75, 3.05) is 6.61 Å². The highest BCUT2D eigenvalue weighted by Crippen LogP contribution is 2.29. The van der Waals surface area contributed by atoms with Crippen molar-refractivity contribution in [2.24, 2.45) is 5.73 Å². The van der Waals surface area contributed by atoms with Crippen molar-refractivity contribution in [2.45, 2.75) is 26.5 Å². The van der Waals surface area contributed by atoms with E-state index < -0.39 is 24.5 Å². The van der Waals surface area contributed by atoms with Crippen molar-refractivity contribution in [3.05, 3.63) is 59.1 Å². The molecule has 0 saturated carbocycles. The molecule has 0 fully saturated rings. The number of nitrogens with one attached hydrogen (secondary N) is 1. The van der Waals surface area contributed by atoms with E-state index in [1.165, 1.54) is 0 Å². The molecule has 2 heterocycles. The smallest absolute Gasteiger partial charge is 0.256 e. The number of carbonyl (C=O) groups excluding carboxylic acids is 2. The van der Waals surface area contributed by atoms with Crippen LogP contribution in [0.15, 0.2) is 41.1 Å². The molecule has 8 heteroatoms. The van der Waals surface area contributed by atoms with E-state index in [2.05, 4.69) is 10.3 Å². The molecule has 1 aromatic carbocycles. The number of aryl methyl sites for hydroxylation is 2. The maximum Gasteiger partial charge on any atom is 0.256 e. The van der Waals surface area contributed by atoms with E-state index in [9.17, 15) is 14.7 Å². The maximum atomic E-state index is 12.6. The zero-order valence-electron chi connectivity index (χ0n) is 15.6. The Morgan fingerprint density at radius 1 is 1.32 bits per heavy atom. The highest BCUT2D eigenvalue weighted by Gasteiger charge is 2.23. The number of rotatable bonds is 7. The van der Waals surface area contributed by atoms with Gasteiger partial charge in [0.15, 0.2) is 0 Å². The molecule has 2 aromatic heterocycles. The number of furan rings is 1. The molecule has 3 aromatic rings. The van der Waals surface area contributed by atoms with Gasteiger partial charge in [0.2, 0.25) is 5.91 Å². The summed E-state index contributed by atoms with van der Waals surface area (Å²) in [5.41, 5.74) is 7.96. The van der Waals surface area contributed by atoms with Crippen molar-refractivity contribution in [3.63, 3.8) is 0 Å². The molecule has 0 saturated heterocycles. The number of hydrogen-bond acceptors (Lipinski definition) is 6. The van der Waals surface area contributed by atoms with E-state index in [4.69, 9.17) is 14.9 Å². The van der Waals surface area contributed by atoms with E-state index in [0.29, 0.717) is 29.1 Å². The average molecular weight is 383 g/mol. The molecule has 0 spiro atoms. The van der Waals surface area contributed by atoms with Crippen molar-refractivity contribution >= 4 is 22.8 Å². The molecular weight excluding hydrogens is 362 g/mol. The Bertz CT molecular complexity index is 1030. The van der Waals surface area contributed by atoms with Gasteiger partial charge in [-0.15, -0.1) is 0 Å². The number of nitrogens with two attached hydrogens (primary N) is 1. The summed E-state index contributed by atoms with van der Waals surface area (Å²) in [5.74, 6) is -0.445. The van der Waals surface area contributed by atoms with Gasteiger partial charge in [0.05, 0.1) is 12.2 Å². The Hall–Kier alpha value is -3.39. The number of hydrogen-bond donors (Lipinski definition) is 3. The summed E-state index contributed by atoms with van der Waals surface area (Å²) in [6.45, 7) is 3.36. The predicted molar refractivity (Wildman–Crippen MR) is 102 cm³/mol. The second kappa shape index (κ2) is 8.10. The second-order valence-electron chi connectivity index (χ2n) is 6.39. The molecule has 1 atom stereocenters. The van der Waals surface area contributed by atoms with Crippen LogP contribution >= 0.6 is 0 Å². The Morgan fingerprint density at radius 2 is 2.11 bits per heavy atom. The van der Waals surface area contributed by atoms with Crippen LogP contribution < -0.4 is 15.8 Å². The van der Waals surface area contributed by atoms with Gasteiger partial charge in [0.1, 0.15) is 29.7 Å². The molecule has 8 nitrogen and oxygen atoms in total. The standard InChI is InChI=1S/C20H21N3O5/c1-11-5-6-22-8-13(11)10-27-14-3-4-17-15(7-14)18(12(2)28-17)20(26)23-16(9-24)19(21)25/h3-8,16,24H,9-10H2,1-2H3,(H2,21,25)(H,23,26)/t16-/m0/s1. The fourth-order valence-electron chi connectivity index (χ4n) is 2.82. The van der Waals surface area contributed by atoms with Crippen LogP contribution in [0.3, 0.4) is 0 Å². The molecular formula is C20H21N3O5. The third-order valence-electron chi connectivity index (χ3n) is 4.44. The van der Waals surface area contributed by atoms with Gasteiger partial charge in [-0.3, -0.25) is 14.6 Å². The fourth-order valence-corrected chi connectivity index (χ4v) is 2.82. The van der Waals surface area contributed by atoms with Gasteiger partial charge in [-0.25, -0.2) is 0 Å². The zero-order chi connectivity index (χ0) is 20.3. The topological polar surface area (TPSA) is 128 Å². The molecule has 0 aliphatic rings. The average Bonchev–Trinajstić information content (AvgIpc) is 3.00. The van der Waals surface area contributed by atoms with Gasteiger partial charge in [-0.1, -0.05) is 0 Å². The fraction of sp³-hybridized carbons (Fsp3) is 0.250. The molecule has 0 unspecified atom stereocenters. The number of aliphatic hydroxyl groups excluding tert-OH is 1. The number of aromatic nitrogens is 1. The lowest BCUT2D eigenvalue weighted by Gasteiger charge is -2.12. The van der Waals surface area contributed by atoms with Crippen molar-refractivity contribution in [1.82, 2.24) is 10.3 Å². The number of carbonyl (C=O) groups is 2. The van der Waals surface area contributed by atoms with Crippen LogP contribution in [-0.2, 0) is 11.4 Å². The molecule has 2 amide bonds. The van der Waals surface area contributed by atoms with Crippen LogP contribution in [0.25, 0.3) is 11.0 Å². The molecule has 0 aliphatic heterocycles. The second-order valence-corrected chi connectivity index (χ2v) is 6.39. The molecule has 146 valence electrons. The largest absolute Gasteiger partial charge is 0.489 e. The van der Waals surface area contributed by atoms with Gasteiger partial charge >= 0.3 is 0 Å². The number of amides is 2. The third-order valence-corrected chi connectivity index (χ3v) is 4.44. The summed E-state index contributed by atoms with van der Waals surface area (Å²) >= 11 is 0. The Kier molecular flexibility index (Phi) is 5.60. The normalized spacial score (nSPS) is 12.0. The Labute approximate surface area is 161 Å². The monoisotopic (exact) mass is 383 g/mol. The number of benzene rings is 1. The van der Waals surface area contributed by atoms with Crippen LogP contribution in [0.2, 0.25) is 0 Å². The highest BCUT2D eigenvalue weighted by atomic mass is 16.5. The summed E-state index contributed by atoms with van der Waals surface area (Å²) < 4.78 is 11.5. The van der Waals surface area contributed by atoms with Crippen LogP contribution in [0, 0.1) is 13.8 Å². The summed E-state index contributed by atoms with van der Waals surface area (Å²) in [6, 6.07) is 5.88. The first kappa shape index (κ1) is 19.4. The first-order chi connectivity index (χ1) is 13.4. The minimum atomic E-state index is -1.18. The Morgan fingerprint density at radius 3 is 2.79 bits per heavy atom. The van der Waals surface area contributed by atoms with Crippen LogP contribution in [0.4, 0.5) is 0 Å². The number of fused-ring (bicyclic) bond motifs is 1. The molecule has 3 rings (SSSR count). The highest BCUT2D eigenvalue weighted by molar-refractivity contribution is 6.08. The van der Waals surface area contributed by atoms with Gasteiger partial charge in [-0.2, -0.15) is 0 Å². The van der Waals surface area contributed by atoms with Crippen LogP contribution in [0.5, 0.6) is 5.75 Å². The number of aliphatic hydroxyl groups is 1. The summed E-state index contributed by atoms with van der Waals surface area (Å²) in [5, 5.41) is 12.2. The molecule has 0 bridgehead atoms. The lowest BCUT2D eigenvalue weighted by Crippen LogP contribution is -2.46. The molecule has 28 heavy (non-hydrogen) atoms. The number of nitrogens with zero attached hydrogens (tertiary/aromatic N) is 1. The number of ether oxygens (including phenoxy) is 1. The maximum absolute atomic E-state index is 12.6. The van der Waals surface area contributed by atoms with E-state index in [1.54, 1.807) is 37.5 Å². The summed E-state index contributed by atoms with van der Waals surface area (Å²) in [6.07, 6.45) is 3.46. The van der Waals surface area contributed by atoms with E-state index in [-0.39, 0.29) is 5.56 Å².